The highest BCUT2D eigenvalue weighted by Gasteiger charge is 2.12. The molecule has 1 heterocycles. The van der Waals surface area contributed by atoms with Crippen molar-refractivity contribution < 1.29 is 10.0 Å². The van der Waals surface area contributed by atoms with Gasteiger partial charge in [-0.2, -0.15) is 0 Å². The average Bonchev–Trinajstić information content (AvgIpc) is 3.28. The monoisotopic (exact) mass is 456 g/mol. The van der Waals surface area contributed by atoms with Crippen molar-refractivity contribution in [3.05, 3.63) is 115 Å². The number of benzene rings is 5. The Morgan fingerprint density at radius 2 is 1.12 bits per heavy atom. The molecule has 0 unspecified atom stereocenters. The number of rotatable bonds is 4. The predicted molar refractivity (Wildman–Crippen MR) is 145 cm³/mol. The van der Waals surface area contributed by atoms with Gasteiger partial charge in [-0.1, -0.05) is 103 Å². The fourth-order valence-electron chi connectivity index (χ4n) is 4.57. The van der Waals surface area contributed by atoms with Crippen molar-refractivity contribution in [3.63, 3.8) is 0 Å². The first kappa shape index (κ1) is 20.9. The van der Waals surface area contributed by atoms with Crippen molar-refractivity contribution in [3.8, 4) is 33.4 Å². The highest BCUT2D eigenvalue weighted by molar-refractivity contribution is 7.26. The van der Waals surface area contributed by atoms with Crippen LogP contribution in [0.2, 0.25) is 0 Å². The van der Waals surface area contributed by atoms with Gasteiger partial charge < -0.3 is 10.0 Å². The van der Waals surface area contributed by atoms with Crippen LogP contribution in [0, 0.1) is 0 Å². The minimum atomic E-state index is -1.47. The third kappa shape index (κ3) is 3.72. The Hall–Kier alpha value is -3.70. The molecule has 0 fully saturated rings. The van der Waals surface area contributed by atoms with Crippen LogP contribution in [-0.4, -0.2) is 17.2 Å². The summed E-state index contributed by atoms with van der Waals surface area (Å²) in [6.45, 7) is 0. The molecule has 4 heteroatoms. The Labute approximate surface area is 202 Å². The summed E-state index contributed by atoms with van der Waals surface area (Å²) < 4.78 is 2.64. The lowest BCUT2D eigenvalue weighted by molar-refractivity contribution is 0.426. The molecule has 34 heavy (non-hydrogen) atoms. The molecule has 6 rings (SSSR count). The van der Waals surface area contributed by atoms with Crippen molar-refractivity contribution in [2.45, 2.75) is 0 Å². The molecule has 0 spiro atoms. The number of fused-ring (bicyclic) bond motifs is 3. The zero-order valence-electron chi connectivity index (χ0n) is 18.3. The van der Waals surface area contributed by atoms with Gasteiger partial charge in [-0.05, 0) is 51.0 Å². The van der Waals surface area contributed by atoms with Crippen molar-refractivity contribution >= 4 is 44.1 Å². The van der Waals surface area contributed by atoms with Gasteiger partial charge in [0.15, 0.2) is 0 Å². The fraction of sp³-hybridized carbons (Fsp3) is 0. The van der Waals surface area contributed by atoms with Crippen LogP contribution in [0.25, 0.3) is 53.6 Å². The second-order valence-electron chi connectivity index (χ2n) is 8.44. The minimum Gasteiger partial charge on any atom is -0.423 e. The molecule has 2 N–H and O–H groups in total. The van der Waals surface area contributed by atoms with Crippen LogP contribution in [0.4, 0.5) is 0 Å². The molecule has 0 aliphatic heterocycles. The van der Waals surface area contributed by atoms with Crippen molar-refractivity contribution in [2.24, 2.45) is 0 Å². The van der Waals surface area contributed by atoms with E-state index in [1.54, 1.807) is 6.07 Å². The van der Waals surface area contributed by atoms with E-state index in [0.717, 1.165) is 22.3 Å². The van der Waals surface area contributed by atoms with Gasteiger partial charge in [0.2, 0.25) is 0 Å². The van der Waals surface area contributed by atoms with Gasteiger partial charge in [-0.15, -0.1) is 11.3 Å². The molecule has 0 aliphatic rings. The van der Waals surface area contributed by atoms with Crippen LogP contribution in [0.3, 0.4) is 0 Å². The molecule has 0 amide bonds. The number of hydrogen-bond acceptors (Lipinski definition) is 3. The van der Waals surface area contributed by atoms with Crippen LogP contribution in [0.15, 0.2) is 115 Å². The van der Waals surface area contributed by atoms with E-state index in [4.69, 9.17) is 0 Å². The quantitative estimate of drug-likeness (QED) is 0.289. The highest BCUT2D eigenvalue weighted by atomic mass is 32.1. The fourth-order valence-corrected chi connectivity index (χ4v) is 5.81. The van der Waals surface area contributed by atoms with Gasteiger partial charge in [0.05, 0.1) is 0 Å². The molecular formula is C30H21BO2S. The summed E-state index contributed by atoms with van der Waals surface area (Å²) in [5, 5.41) is 21.6. The van der Waals surface area contributed by atoms with Crippen LogP contribution in [0.1, 0.15) is 0 Å². The van der Waals surface area contributed by atoms with E-state index >= 15 is 0 Å². The summed E-state index contributed by atoms with van der Waals surface area (Å²) in [6, 6.07) is 39.6. The third-order valence-corrected chi connectivity index (χ3v) is 7.53. The SMILES string of the molecule is OB(O)c1cccc(-c2cccc(-c3ccc(-c4cccc5c4sc4ccccc45)cc3)c2)c1. The zero-order valence-corrected chi connectivity index (χ0v) is 19.2. The first-order valence-corrected chi connectivity index (χ1v) is 12.1. The molecule has 5 aromatic carbocycles. The highest BCUT2D eigenvalue weighted by Crippen LogP contribution is 2.40. The van der Waals surface area contributed by atoms with Gasteiger partial charge in [0.1, 0.15) is 0 Å². The summed E-state index contributed by atoms with van der Waals surface area (Å²) in [5.74, 6) is 0. The smallest absolute Gasteiger partial charge is 0.423 e. The van der Waals surface area contributed by atoms with E-state index in [9.17, 15) is 10.0 Å². The summed E-state index contributed by atoms with van der Waals surface area (Å²) in [7, 11) is -1.47. The lowest BCUT2D eigenvalue weighted by atomic mass is 9.79. The maximum absolute atomic E-state index is 9.51. The maximum Gasteiger partial charge on any atom is 0.488 e. The lowest BCUT2D eigenvalue weighted by Gasteiger charge is -2.09. The Kier molecular flexibility index (Phi) is 5.27. The Morgan fingerprint density at radius 1 is 0.500 bits per heavy atom. The van der Waals surface area contributed by atoms with Gasteiger partial charge in [0.25, 0.3) is 0 Å². The second-order valence-corrected chi connectivity index (χ2v) is 9.49. The molecule has 0 aliphatic carbocycles. The van der Waals surface area contributed by atoms with Crippen LogP contribution in [-0.2, 0) is 0 Å². The van der Waals surface area contributed by atoms with Crippen molar-refractivity contribution in [2.75, 3.05) is 0 Å². The summed E-state index contributed by atoms with van der Waals surface area (Å²) in [5.41, 5.74) is 7.23. The molecule has 162 valence electrons. The topological polar surface area (TPSA) is 40.5 Å². The van der Waals surface area contributed by atoms with Crippen LogP contribution < -0.4 is 5.46 Å². The molecule has 0 atom stereocenters. The van der Waals surface area contributed by atoms with E-state index in [0.29, 0.717) is 5.46 Å². The van der Waals surface area contributed by atoms with Crippen LogP contribution >= 0.6 is 11.3 Å². The van der Waals surface area contributed by atoms with E-state index in [1.807, 2.05) is 41.7 Å². The predicted octanol–water partition coefficient (Wildman–Crippen LogP) is 6.74. The number of hydrogen-bond donors (Lipinski definition) is 2. The van der Waals surface area contributed by atoms with Gasteiger partial charge in [-0.25, -0.2) is 0 Å². The van der Waals surface area contributed by atoms with Gasteiger partial charge >= 0.3 is 7.12 Å². The first-order chi connectivity index (χ1) is 16.7. The van der Waals surface area contributed by atoms with Crippen molar-refractivity contribution in [1.29, 1.82) is 0 Å². The maximum atomic E-state index is 9.51. The average molecular weight is 456 g/mol. The van der Waals surface area contributed by atoms with Gasteiger partial charge in [0, 0.05) is 20.2 Å². The summed E-state index contributed by atoms with van der Waals surface area (Å²) in [6.07, 6.45) is 0. The Balaban J connectivity index is 1.37. The molecule has 0 bridgehead atoms. The second kappa shape index (κ2) is 8.58. The third-order valence-electron chi connectivity index (χ3n) is 6.31. The standard InChI is InChI=1S/C30H21BO2S/c32-31(33)25-9-4-8-24(19-25)23-7-3-6-22(18-23)20-14-16-21(17-15-20)26-11-5-12-28-27-10-1-2-13-29(27)34-30(26)28/h1-19,32-33H. The van der Waals surface area contributed by atoms with E-state index in [1.165, 1.54) is 31.3 Å². The molecule has 2 nitrogen and oxygen atoms in total. The summed E-state index contributed by atoms with van der Waals surface area (Å²) >= 11 is 1.85. The molecule has 0 saturated heterocycles. The lowest BCUT2D eigenvalue weighted by Crippen LogP contribution is -2.29. The minimum absolute atomic E-state index is 0.489. The van der Waals surface area contributed by atoms with Crippen LogP contribution in [0.5, 0.6) is 0 Å². The first-order valence-electron chi connectivity index (χ1n) is 11.2. The Bertz CT molecular complexity index is 1630. The summed E-state index contributed by atoms with van der Waals surface area (Å²) in [4.78, 5) is 0. The van der Waals surface area contributed by atoms with E-state index in [-0.39, 0.29) is 0 Å². The van der Waals surface area contributed by atoms with Crippen molar-refractivity contribution in [1.82, 2.24) is 0 Å². The van der Waals surface area contributed by atoms with Gasteiger partial charge in [-0.3, -0.25) is 0 Å². The molecule has 1 aromatic heterocycles. The van der Waals surface area contributed by atoms with E-state index in [2.05, 4.69) is 78.9 Å². The largest absolute Gasteiger partial charge is 0.488 e. The molecule has 6 aromatic rings. The molecule has 0 saturated carbocycles. The normalized spacial score (nSPS) is 11.2. The number of thiophene rings is 1. The Morgan fingerprint density at radius 3 is 1.91 bits per heavy atom. The van der Waals surface area contributed by atoms with E-state index < -0.39 is 7.12 Å². The molecular weight excluding hydrogens is 435 g/mol. The molecule has 0 radical (unpaired) electrons. The zero-order chi connectivity index (χ0) is 23.1.